The number of aliphatic hydroxyl groups excluding tert-OH is 1. The Morgan fingerprint density at radius 2 is 1.34 bits per heavy atom. The van der Waals surface area contributed by atoms with Crippen LogP contribution < -0.4 is 10.6 Å². The van der Waals surface area contributed by atoms with Gasteiger partial charge >= 0.3 is 11.9 Å². The summed E-state index contributed by atoms with van der Waals surface area (Å²) in [7, 11) is 0. The van der Waals surface area contributed by atoms with Gasteiger partial charge in [-0.2, -0.15) is 23.5 Å². The number of carboxylic acid groups (broad SMARTS) is 2. The number of hydrogen-bond donors (Lipinski definition) is 5. The highest BCUT2D eigenvalue weighted by Gasteiger charge is 2.36. The second-order valence-corrected chi connectivity index (χ2v) is 11.9. The summed E-state index contributed by atoms with van der Waals surface area (Å²) >= 11 is 3.12. The lowest BCUT2D eigenvalue weighted by molar-refractivity contribution is -0.143. The summed E-state index contributed by atoms with van der Waals surface area (Å²) in [6.45, 7) is 13.0. The van der Waals surface area contributed by atoms with Crippen molar-refractivity contribution >= 4 is 41.4 Å². The molecule has 8 nitrogen and oxygen atoms in total. The van der Waals surface area contributed by atoms with Crippen molar-refractivity contribution in [3.63, 3.8) is 0 Å². The van der Waals surface area contributed by atoms with Crippen LogP contribution in [0.2, 0.25) is 0 Å². The smallest absolute Gasteiger partial charge is 0.327 e. The summed E-state index contributed by atoms with van der Waals surface area (Å²) in [5, 5.41) is 34.2. The molecule has 0 bridgehead atoms. The third-order valence-corrected chi connectivity index (χ3v) is 8.17. The highest BCUT2D eigenvalue weighted by Crippen LogP contribution is 2.40. The minimum Gasteiger partial charge on any atom is -0.480 e. The number of thioether (sulfide) groups is 2. The summed E-state index contributed by atoms with van der Waals surface area (Å²) in [5.74, 6) is -1.65. The highest BCUT2D eigenvalue weighted by molar-refractivity contribution is 8.04. The van der Waals surface area contributed by atoms with E-state index < -0.39 is 29.4 Å². The van der Waals surface area contributed by atoms with Crippen LogP contribution in [0.5, 0.6) is 0 Å². The van der Waals surface area contributed by atoms with Gasteiger partial charge in [0.15, 0.2) is 0 Å². The first-order chi connectivity index (χ1) is 14.8. The second-order valence-electron chi connectivity index (χ2n) is 9.33. The van der Waals surface area contributed by atoms with Gasteiger partial charge < -0.3 is 20.6 Å². The second kappa shape index (κ2) is 14.3. The van der Waals surface area contributed by atoms with E-state index in [1.54, 1.807) is 25.6 Å². The third-order valence-electron chi connectivity index (χ3n) is 4.96. The van der Waals surface area contributed by atoms with E-state index in [4.69, 9.17) is 5.11 Å². The minimum atomic E-state index is -1.08. The van der Waals surface area contributed by atoms with Crippen molar-refractivity contribution in [3.05, 3.63) is 0 Å². The molecule has 1 fully saturated rings. The zero-order valence-corrected chi connectivity index (χ0v) is 22.1. The first-order valence-electron chi connectivity index (χ1n) is 11.1. The molecule has 1 aliphatic carbocycles. The van der Waals surface area contributed by atoms with Gasteiger partial charge in [-0.3, -0.25) is 14.9 Å². The molecule has 1 amide bonds. The lowest BCUT2D eigenvalue weighted by Gasteiger charge is -2.37. The van der Waals surface area contributed by atoms with Crippen LogP contribution in [0.25, 0.3) is 0 Å². The molecule has 0 saturated heterocycles. The van der Waals surface area contributed by atoms with Crippen LogP contribution in [0, 0.1) is 5.41 Å². The van der Waals surface area contributed by atoms with E-state index in [9.17, 15) is 24.6 Å². The van der Waals surface area contributed by atoms with Crippen molar-refractivity contribution in [3.8, 4) is 0 Å². The molecule has 4 atom stereocenters. The fourth-order valence-electron chi connectivity index (χ4n) is 2.88. The molecule has 0 aromatic heterocycles. The molecular formula is C22H42N2O6S2. The van der Waals surface area contributed by atoms with Crippen molar-refractivity contribution in [1.82, 2.24) is 10.6 Å². The zero-order valence-electron chi connectivity index (χ0n) is 20.4. The van der Waals surface area contributed by atoms with E-state index in [1.807, 2.05) is 34.6 Å². The van der Waals surface area contributed by atoms with Gasteiger partial charge in [-0.15, -0.1) is 0 Å². The Balaban J connectivity index is 0.00000466. The van der Waals surface area contributed by atoms with E-state index in [0.29, 0.717) is 5.75 Å². The van der Waals surface area contributed by atoms with Crippen molar-refractivity contribution in [1.29, 1.82) is 0 Å². The van der Waals surface area contributed by atoms with Crippen LogP contribution in [0.15, 0.2) is 0 Å². The molecule has 0 spiro atoms. The molecule has 0 aromatic rings. The van der Waals surface area contributed by atoms with Gasteiger partial charge in [0.05, 0.1) is 0 Å². The number of carbonyl (C=O) groups excluding carboxylic acids is 1. The average Bonchev–Trinajstić information content (AvgIpc) is 2.65. The maximum absolute atomic E-state index is 12.4. The van der Waals surface area contributed by atoms with Crippen LogP contribution in [-0.2, 0) is 14.4 Å². The van der Waals surface area contributed by atoms with Crippen LogP contribution in [0.1, 0.15) is 67.7 Å². The van der Waals surface area contributed by atoms with Gasteiger partial charge in [-0.1, -0.05) is 27.7 Å². The van der Waals surface area contributed by atoms with E-state index in [-0.39, 0.29) is 40.7 Å². The molecule has 4 unspecified atom stereocenters. The summed E-state index contributed by atoms with van der Waals surface area (Å²) in [6.07, 6.45) is 2.17. The molecule has 32 heavy (non-hydrogen) atoms. The number of hydrogen-bond acceptors (Lipinski definition) is 7. The molecule has 5 N–H and O–H groups in total. The van der Waals surface area contributed by atoms with E-state index >= 15 is 0 Å². The predicted octanol–water partition coefficient (Wildman–Crippen LogP) is 2.83. The number of amides is 1. The number of carboxylic acids is 2. The highest BCUT2D eigenvalue weighted by atomic mass is 32.2. The monoisotopic (exact) mass is 494 g/mol. The number of rotatable bonds is 13. The summed E-state index contributed by atoms with van der Waals surface area (Å²) in [5.41, 5.74) is -1.14. The van der Waals surface area contributed by atoms with Gasteiger partial charge in [0, 0.05) is 39.6 Å². The first-order valence-corrected chi connectivity index (χ1v) is 13.2. The molecule has 0 radical (unpaired) electrons. The summed E-state index contributed by atoms with van der Waals surface area (Å²) < 4.78 is 0. The van der Waals surface area contributed by atoms with Crippen molar-refractivity contribution in [2.45, 2.75) is 95.9 Å². The lowest BCUT2D eigenvalue weighted by atomic mass is 9.88. The van der Waals surface area contributed by atoms with E-state index in [0.717, 1.165) is 12.8 Å². The Morgan fingerprint density at radius 1 is 0.906 bits per heavy atom. The standard InChI is InChI=1S/C20H36N2O6S2.C2H6/c1-19(2,3)22-13(17(26)27)11-30-15-7-6-14(15)29-10-12(16(24)25)21-18(28)20(4,5)8-9-23;1-2/h12-15,22-23H,6-11H2,1-5H3,(H,21,28)(H,24,25)(H,26,27);1-2H3. The third kappa shape index (κ3) is 11.2. The fourth-order valence-corrected chi connectivity index (χ4v) is 5.99. The molecule has 0 aliphatic heterocycles. The predicted molar refractivity (Wildman–Crippen MR) is 132 cm³/mol. The minimum absolute atomic E-state index is 0.144. The van der Waals surface area contributed by atoms with Crippen LogP contribution in [0.4, 0.5) is 0 Å². The molecule has 10 heteroatoms. The Labute approximate surface area is 201 Å². The Morgan fingerprint density at radius 3 is 1.69 bits per heavy atom. The van der Waals surface area contributed by atoms with Crippen LogP contribution >= 0.6 is 23.5 Å². The SMILES string of the molecule is CC.CC(C)(C)NC(CSC1CCC1SCC(NC(=O)C(C)(C)CCO)C(=O)O)C(=O)O. The number of nitrogens with one attached hydrogen (secondary N) is 2. The molecular weight excluding hydrogens is 452 g/mol. The average molecular weight is 495 g/mol. The Hall–Kier alpha value is -0.970. The molecule has 188 valence electrons. The maximum Gasteiger partial charge on any atom is 0.327 e. The maximum atomic E-state index is 12.4. The van der Waals surface area contributed by atoms with Gasteiger partial charge in [0.2, 0.25) is 5.91 Å². The topological polar surface area (TPSA) is 136 Å². The number of carbonyl (C=O) groups is 3. The van der Waals surface area contributed by atoms with Crippen molar-refractivity contribution < 1.29 is 29.7 Å². The van der Waals surface area contributed by atoms with Gasteiger partial charge in [0.1, 0.15) is 12.1 Å². The molecule has 0 aromatic carbocycles. The number of aliphatic carboxylic acids is 2. The van der Waals surface area contributed by atoms with Crippen molar-refractivity contribution in [2.24, 2.45) is 5.41 Å². The lowest BCUT2D eigenvalue weighted by Crippen LogP contribution is -2.50. The molecule has 1 saturated carbocycles. The van der Waals surface area contributed by atoms with Gasteiger partial charge in [0.25, 0.3) is 0 Å². The van der Waals surface area contributed by atoms with E-state index in [2.05, 4.69) is 10.6 Å². The van der Waals surface area contributed by atoms with Crippen molar-refractivity contribution in [2.75, 3.05) is 18.1 Å². The normalized spacial score (nSPS) is 20.2. The van der Waals surface area contributed by atoms with Crippen LogP contribution in [0.3, 0.4) is 0 Å². The molecule has 1 aliphatic rings. The quantitative estimate of drug-likeness (QED) is 0.262. The summed E-state index contributed by atoms with van der Waals surface area (Å²) in [4.78, 5) is 35.4. The summed E-state index contributed by atoms with van der Waals surface area (Å²) in [6, 6.07) is -1.64. The largest absolute Gasteiger partial charge is 0.480 e. The van der Waals surface area contributed by atoms with E-state index in [1.165, 1.54) is 11.8 Å². The molecule has 0 heterocycles. The van der Waals surface area contributed by atoms with Crippen LogP contribution in [-0.4, -0.2) is 79.4 Å². The fraction of sp³-hybridized carbons (Fsp3) is 0.864. The Bertz CT molecular complexity index is 610. The molecule has 1 rings (SSSR count). The first kappa shape index (κ1) is 31.0. The zero-order chi connectivity index (χ0) is 25.1. The number of aliphatic hydroxyl groups is 1. The van der Waals surface area contributed by atoms with Gasteiger partial charge in [-0.25, -0.2) is 4.79 Å². The Kier molecular flexibility index (Phi) is 13.9. The van der Waals surface area contributed by atoms with Gasteiger partial charge in [-0.05, 0) is 40.0 Å².